The molecule has 1 heterocycles. The van der Waals surface area contributed by atoms with Gasteiger partial charge in [-0.15, -0.1) is 0 Å². The Morgan fingerprint density at radius 2 is 2.12 bits per heavy atom. The van der Waals surface area contributed by atoms with Gasteiger partial charge in [-0.3, -0.25) is 0 Å². The number of aliphatic hydroxyl groups excluding tert-OH is 1. The Morgan fingerprint density at radius 1 is 1.44 bits per heavy atom. The molecule has 1 aromatic carbocycles. The Bertz CT molecular complexity index is 670. The number of halogens is 2. The fourth-order valence-corrected chi connectivity index (χ4v) is 2.75. The largest absolute Gasteiger partial charge is 0.489 e. The van der Waals surface area contributed by atoms with Crippen LogP contribution in [0.15, 0.2) is 12.1 Å². The number of hydrogen-bond donors (Lipinski definition) is 2. The molecule has 1 aliphatic heterocycles. The molecule has 0 aromatic heterocycles. The first-order valence-electron chi connectivity index (χ1n) is 7.72. The molecule has 0 aliphatic carbocycles. The Morgan fingerprint density at radius 3 is 2.72 bits per heavy atom. The van der Waals surface area contributed by atoms with Gasteiger partial charge in [-0.05, 0) is 19.9 Å². The predicted octanol–water partition coefficient (Wildman–Crippen LogP) is 2.41. The van der Waals surface area contributed by atoms with Crippen LogP contribution in [0.3, 0.4) is 0 Å². The zero-order chi connectivity index (χ0) is 18.7. The van der Waals surface area contributed by atoms with Gasteiger partial charge < -0.3 is 24.8 Å². The van der Waals surface area contributed by atoms with Gasteiger partial charge >= 0.3 is 12.0 Å². The summed E-state index contributed by atoms with van der Waals surface area (Å²) in [6, 6.07) is 0.645. The molecular weight excluding hydrogens is 355 g/mol. The van der Waals surface area contributed by atoms with Gasteiger partial charge in [0.25, 0.3) is 0 Å². The van der Waals surface area contributed by atoms with Crippen molar-refractivity contribution in [3.05, 3.63) is 23.0 Å². The summed E-state index contributed by atoms with van der Waals surface area (Å²) < 4.78 is 24.2. The van der Waals surface area contributed by atoms with Crippen molar-refractivity contribution in [3.8, 4) is 5.75 Å². The van der Waals surface area contributed by atoms with Gasteiger partial charge in [0.2, 0.25) is 0 Å². The summed E-state index contributed by atoms with van der Waals surface area (Å²) in [5.41, 5.74) is -0.143. The number of amides is 2. The summed E-state index contributed by atoms with van der Waals surface area (Å²) >= 11 is 5.93. The van der Waals surface area contributed by atoms with Crippen molar-refractivity contribution in [1.82, 2.24) is 4.90 Å². The van der Waals surface area contributed by atoms with E-state index in [2.05, 4.69) is 10.1 Å². The van der Waals surface area contributed by atoms with E-state index >= 15 is 0 Å². The number of methoxy groups -OCH3 is 1. The van der Waals surface area contributed by atoms with Crippen LogP contribution in [0.1, 0.15) is 20.3 Å². The molecule has 2 amide bonds. The third-order valence-corrected chi connectivity index (χ3v) is 3.93. The molecule has 25 heavy (non-hydrogen) atoms. The van der Waals surface area contributed by atoms with Gasteiger partial charge in [0.1, 0.15) is 17.6 Å². The number of carbonyl (C=O) groups excluding carboxylic acids is 2. The van der Waals surface area contributed by atoms with Crippen LogP contribution < -0.4 is 10.1 Å². The number of nitrogens with zero attached hydrogens (tertiary/aromatic N) is 1. The first-order valence-corrected chi connectivity index (χ1v) is 8.10. The van der Waals surface area contributed by atoms with E-state index in [1.807, 2.05) is 0 Å². The minimum Gasteiger partial charge on any atom is -0.489 e. The molecule has 2 N–H and O–H groups in total. The maximum Gasteiger partial charge on any atom is 0.328 e. The molecule has 0 spiro atoms. The van der Waals surface area contributed by atoms with Gasteiger partial charge in [-0.1, -0.05) is 11.6 Å². The molecule has 2 rings (SSSR count). The number of likely N-dealkylation sites (tertiary alicyclic amines) is 1. The molecule has 9 heteroatoms. The summed E-state index contributed by atoms with van der Waals surface area (Å²) in [6.07, 6.45) is -0.987. The van der Waals surface area contributed by atoms with Gasteiger partial charge in [-0.2, -0.15) is 0 Å². The number of β-amino-alcohol motifs (C(OH)–C–C–N with tert-alkyl or cyclic N) is 1. The average molecular weight is 375 g/mol. The van der Waals surface area contributed by atoms with Crippen LogP contribution in [0.2, 0.25) is 5.02 Å². The van der Waals surface area contributed by atoms with Crippen molar-refractivity contribution in [3.63, 3.8) is 0 Å². The van der Waals surface area contributed by atoms with Gasteiger partial charge in [0.05, 0.1) is 30.0 Å². The lowest BCUT2D eigenvalue weighted by atomic mass is 10.2. The first-order chi connectivity index (χ1) is 11.7. The highest BCUT2D eigenvalue weighted by Crippen LogP contribution is 2.32. The number of hydrogen-bond acceptors (Lipinski definition) is 5. The second-order valence-corrected chi connectivity index (χ2v) is 6.35. The van der Waals surface area contributed by atoms with E-state index in [0.717, 1.165) is 11.0 Å². The van der Waals surface area contributed by atoms with E-state index in [-0.39, 0.29) is 35.5 Å². The van der Waals surface area contributed by atoms with Gasteiger partial charge in [0, 0.05) is 19.0 Å². The number of esters is 1. The fourth-order valence-electron chi connectivity index (χ4n) is 2.55. The highest BCUT2D eigenvalue weighted by Gasteiger charge is 2.40. The highest BCUT2D eigenvalue weighted by atomic mass is 35.5. The Kier molecular flexibility index (Phi) is 6.07. The van der Waals surface area contributed by atoms with Crippen LogP contribution in [-0.4, -0.2) is 53.9 Å². The van der Waals surface area contributed by atoms with Crippen LogP contribution in [0, 0.1) is 5.82 Å². The van der Waals surface area contributed by atoms with Crippen LogP contribution in [0.25, 0.3) is 0 Å². The number of ether oxygens (including phenoxy) is 2. The minimum atomic E-state index is -0.929. The first kappa shape index (κ1) is 19.3. The van der Waals surface area contributed by atoms with Crippen molar-refractivity contribution in [1.29, 1.82) is 0 Å². The molecule has 1 fully saturated rings. The quantitative estimate of drug-likeness (QED) is 0.790. The lowest BCUT2D eigenvalue weighted by Crippen LogP contribution is -2.43. The van der Waals surface area contributed by atoms with E-state index < -0.39 is 30.0 Å². The summed E-state index contributed by atoms with van der Waals surface area (Å²) in [6.45, 7) is 3.51. The van der Waals surface area contributed by atoms with Crippen molar-refractivity contribution in [2.45, 2.75) is 38.5 Å². The number of urea groups is 1. The number of rotatable bonds is 4. The van der Waals surface area contributed by atoms with Gasteiger partial charge in [0.15, 0.2) is 0 Å². The van der Waals surface area contributed by atoms with Crippen molar-refractivity contribution in [2.24, 2.45) is 0 Å². The Balaban J connectivity index is 2.20. The number of benzene rings is 1. The molecule has 0 bridgehead atoms. The Hall–Kier alpha value is -2.06. The molecule has 2 atom stereocenters. The number of carbonyl (C=O) groups is 2. The smallest absolute Gasteiger partial charge is 0.328 e. The molecule has 0 unspecified atom stereocenters. The molecule has 1 saturated heterocycles. The topological polar surface area (TPSA) is 88.1 Å². The zero-order valence-electron chi connectivity index (χ0n) is 14.1. The van der Waals surface area contributed by atoms with Crippen molar-refractivity contribution in [2.75, 3.05) is 19.0 Å². The van der Waals surface area contributed by atoms with E-state index in [4.69, 9.17) is 16.3 Å². The van der Waals surface area contributed by atoms with Gasteiger partial charge in [-0.25, -0.2) is 14.0 Å². The van der Waals surface area contributed by atoms with E-state index in [1.165, 1.54) is 13.2 Å². The lowest BCUT2D eigenvalue weighted by molar-refractivity contribution is -0.144. The summed E-state index contributed by atoms with van der Waals surface area (Å²) in [7, 11) is 1.19. The second kappa shape index (κ2) is 7.88. The van der Waals surface area contributed by atoms with Crippen LogP contribution in [-0.2, 0) is 9.53 Å². The molecule has 138 valence electrons. The van der Waals surface area contributed by atoms with Crippen LogP contribution in [0.4, 0.5) is 14.9 Å². The maximum atomic E-state index is 14.1. The van der Waals surface area contributed by atoms with Crippen molar-refractivity contribution >= 4 is 29.3 Å². The standard InChI is InChI=1S/C16H20ClFN2O5/c1-8(2)25-14-6-12(11(18)5-10(14)17)19-16(23)20-7-9(21)4-13(20)15(22)24-3/h5-6,8-9,13,21H,4,7H2,1-3H3,(H,19,23)/t9-,13+/m1/s1. The molecular formula is C16H20ClFN2O5. The summed E-state index contributed by atoms with van der Waals surface area (Å²) in [4.78, 5) is 25.3. The fraction of sp³-hybridized carbons (Fsp3) is 0.500. The number of nitrogens with one attached hydrogen (secondary N) is 1. The number of anilines is 1. The highest BCUT2D eigenvalue weighted by molar-refractivity contribution is 6.32. The number of aliphatic hydroxyl groups is 1. The molecule has 0 radical (unpaired) electrons. The molecule has 1 aliphatic rings. The second-order valence-electron chi connectivity index (χ2n) is 5.94. The summed E-state index contributed by atoms with van der Waals surface area (Å²) in [5, 5.41) is 12.2. The third-order valence-electron chi connectivity index (χ3n) is 3.64. The minimum absolute atomic E-state index is 0.0594. The SMILES string of the molecule is COC(=O)[C@@H]1C[C@@H](O)CN1C(=O)Nc1cc(OC(C)C)c(Cl)cc1F. The van der Waals surface area contributed by atoms with E-state index in [9.17, 15) is 19.1 Å². The summed E-state index contributed by atoms with van der Waals surface area (Å²) in [5.74, 6) is -1.17. The lowest BCUT2D eigenvalue weighted by Gasteiger charge is -2.23. The normalized spacial score (nSPS) is 19.9. The molecule has 0 saturated carbocycles. The molecule has 7 nitrogen and oxygen atoms in total. The average Bonchev–Trinajstić information content (AvgIpc) is 2.92. The van der Waals surface area contributed by atoms with Crippen LogP contribution >= 0.6 is 11.6 Å². The van der Waals surface area contributed by atoms with E-state index in [1.54, 1.807) is 13.8 Å². The molecule has 1 aromatic rings. The van der Waals surface area contributed by atoms with Crippen LogP contribution in [0.5, 0.6) is 5.75 Å². The monoisotopic (exact) mass is 374 g/mol. The van der Waals surface area contributed by atoms with Crippen molar-refractivity contribution < 1.29 is 28.6 Å². The Labute approximate surface area is 149 Å². The maximum absolute atomic E-state index is 14.1. The zero-order valence-corrected chi connectivity index (χ0v) is 14.8. The predicted molar refractivity (Wildman–Crippen MR) is 89.3 cm³/mol. The third kappa shape index (κ3) is 4.52. The van der Waals surface area contributed by atoms with E-state index in [0.29, 0.717) is 0 Å².